The minimum atomic E-state index is -2.46. The smallest absolute Gasteiger partial charge is 0.248 e. The Labute approximate surface area is 85.9 Å². The fourth-order valence-electron chi connectivity index (χ4n) is 1.92. The van der Waals surface area contributed by atoms with Gasteiger partial charge in [-0.2, -0.15) is 0 Å². The van der Waals surface area contributed by atoms with E-state index in [1.165, 1.54) is 0 Å². The van der Waals surface area contributed by atoms with Crippen molar-refractivity contribution >= 4 is 12.2 Å². The highest BCUT2D eigenvalue weighted by Gasteiger charge is 2.35. The van der Waals surface area contributed by atoms with E-state index in [9.17, 15) is 8.78 Å². The number of aromatic nitrogens is 2. The summed E-state index contributed by atoms with van der Waals surface area (Å²) in [6.45, 7) is 0. The summed E-state index contributed by atoms with van der Waals surface area (Å²) in [5.74, 6) is -2.46. The van der Waals surface area contributed by atoms with Gasteiger partial charge in [-0.1, -0.05) is 0 Å². The highest BCUT2D eigenvalue weighted by atomic mass is 32.1. The van der Waals surface area contributed by atoms with Crippen LogP contribution in [0.1, 0.15) is 31.7 Å². The van der Waals surface area contributed by atoms with E-state index in [1.807, 2.05) is 10.8 Å². The molecule has 5 heteroatoms. The Morgan fingerprint density at radius 1 is 1.43 bits per heavy atom. The highest BCUT2D eigenvalue weighted by Crippen LogP contribution is 2.38. The monoisotopic (exact) mass is 218 g/mol. The maximum Gasteiger partial charge on any atom is 0.248 e. The molecule has 2 nitrogen and oxygen atoms in total. The Morgan fingerprint density at radius 3 is 2.57 bits per heavy atom. The van der Waals surface area contributed by atoms with Crippen molar-refractivity contribution in [2.24, 2.45) is 0 Å². The predicted octanol–water partition coefficient (Wildman–Crippen LogP) is 3.30. The van der Waals surface area contributed by atoms with Gasteiger partial charge in [0.15, 0.2) is 4.77 Å². The van der Waals surface area contributed by atoms with Crippen LogP contribution in [0.2, 0.25) is 0 Å². The van der Waals surface area contributed by atoms with Crippen LogP contribution in [0.25, 0.3) is 0 Å². The molecule has 0 amide bonds. The molecule has 78 valence electrons. The van der Waals surface area contributed by atoms with Crippen molar-refractivity contribution in [3.05, 3.63) is 17.2 Å². The van der Waals surface area contributed by atoms with E-state index in [1.54, 1.807) is 6.20 Å². The van der Waals surface area contributed by atoms with Gasteiger partial charge in [-0.25, -0.2) is 8.78 Å². The van der Waals surface area contributed by atoms with Crippen LogP contribution in [-0.2, 0) is 0 Å². The van der Waals surface area contributed by atoms with E-state index in [0.717, 1.165) is 0 Å². The van der Waals surface area contributed by atoms with Gasteiger partial charge in [-0.05, 0) is 25.1 Å². The van der Waals surface area contributed by atoms with E-state index < -0.39 is 5.92 Å². The summed E-state index contributed by atoms with van der Waals surface area (Å²) in [6, 6.07) is 0.147. The standard InChI is InChI=1S/C9H12F2N2S/c10-9(11)3-1-7(2-4-9)13-6-5-12-8(13)14/h5-7H,1-4H2,(H,12,14). The van der Waals surface area contributed by atoms with Crippen LogP contribution in [-0.4, -0.2) is 15.5 Å². The Hall–Kier alpha value is -0.710. The van der Waals surface area contributed by atoms with E-state index in [4.69, 9.17) is 12.2 Å². The molecule has 1 aliphatic rings. The maximum absolute atomic E-state index is 12.9. The lowest BCUT2D eigenvalue weighted by Gasteiger charge is -2.28. The number of imidazole rings is 1. The third kappa shape index (κ3) is 1.87. The zero-order chi connectivity index (χ0) is 10.2. The van der Waals surface area contributed by atoms with Crippen molar-refractivity contribution in [1.82, 2.24) is 9.55 Å². The average molecular weight is 218 g/mol. The molecule has 1 aliphatic carbocycles. The van der Waals surface area contributed by atoms with Gasteiger partial charge in [0.25, 0.3) is 0 Å². The fraction of sp³-hybridized carbons (Fsp3) is 0.667. The van der Waals surface area contributed by atoms with E-state index in [0.29, 0.717) is 17.6 Å². The molecule has 0 radical (unpaired) electrons. The SMILES string of the molecule is FC1(F)CCC(n2cc[nH]c2=S)CC1. The van der Waals surface area contributed by atoms with Crippen LogP contribution in [0.5, 0.6) is 0 Å². The van der Waals surface area contributed by atoms with Crippen LogP contribution in [0, 0.1) is 4.77 Å². The number of H-pyrrole nitrogens is 1. The second kappa shape index (κ2) is 3.46. The lowest BCUT2D eigenvalue weighted by atomic mass is 9.92. The molecular formula is C9H12F2N2S. The number of halogens is 2. The van der Waals surface area contributed by atoms with Gasteiger partial charge in [0, 0.05) is 31.3 Å². The Morgan fingerprint density at radius 2 is 2.07 bits per heavy atom. The van der Waals surface area contributed by atoms with Crippen LogP contribution in [0.4, 0.5) is 8.78 Å². The van der Waals surface area contributed by atoms with Gasteiger partial charge < -0.3 is 9.55 Å². The van der Waals surface area contributed by atoms with Crippen LogP contribution in [0.3, 0.4) is 0 Å². The summed E-state index contributed by atoms with van der Waals surface area (Å²) in [6.07, 6.45) is 4.55. The van der Waals surface area contributed by atoms with Crippen molar-refractivity contribution in [3.63, 3.8) is 0 Å². The zero-order valence-corrected chi connectivity index (χ0v) is 8.49. The molecule has 1 fully saturated rings. The summed E-state index contributed by atoms with van der Waals surface area (Å²) in [4.78, 5) is 2.88. The van der Waals surface area contributed by atoms with Gasteiger partial charge in [0.1, 0.15) is 0 Å². The van der Waals surface area contributed by atoms with Crippen molar-refractivity contribution < 1.29 is 8.78 Å². The molecule has 0 bridgehead atoms. The van der Waals surface area contributed by atoms with Crippen LogP contribution in [0.15, 0.2) is 12.4 Å². The number of alkyl halides is 2. The van der Waals surface area contributed by atoms with Crippen molar-refractivity contribution in [1.29, 1.82) is 0 Å². The summed E-state index contributed by atoms with van der Waals surface area (Å²) in [5, 5.41) is 0. The first-order chi connectivity index (χ1) is 6.58. The third-order valence-electron chi connectivity index (χ3n) is 2.76. The maximum atomic E-state index is 12.9. The Bertz CT molecular complexity index is 359. The first-order valence-electron chi connectivity index (χ1n) is 4.72. The average Bonchev–Trinajstić information content (AvgIpc) is 2.52. The molecule has 0 spiro atoms. The number of aromatic amines is 1. The molecule has 0 atom stereocenters. The van der Waals surface area contributed by atoms with Crippen LogP contribution < -0.4 is 0 Å². The molecular weight excluding hydrogens is 206 g/mol. The molecule has 1 saturated carbocycles. The van der Waals surface area contributed by atoms with Gasteiger partial charge in [0.05, 0.1) is 0 Å². The number of nitrogens with zero attached hydrogens (tertiary/aromatic N) is 1. The minimum Gasteiger partial charge on any atom is -0.337 e. The normalized spacial score (nSPS) is 22.4. The summed E-state index contributed by atoms with van der Waals surface area (Å²) in [7, 11) is 0. The summed E-state index contributed by atoms with van der Waals surface area (Å²) < 4.78 is 28.3. The van der Waals surface area contributed by atoms with Crippen molar-refractivity contribution in [2.75, 3.05) is 0 Å². The first-order valence-corrected chi connectivity index (χ1v) is 5.13. The van der Waals surface area contributed by atoms with E-state index >= 15 is 0 Å². The predicted molar refractivity (Wildman–Crippen MR) is 52.1 cm³/mol. The summed E-state index contributed by atoms with van der Waals surface area (Å²) in [5.41, 5.74) is 0. The van der Waals surface area contributed by atoms with E-state index in [-0.39, 0.29) is 18.9 Å². The molecule has 1 N–H and O–H groups in total. The molecule has 14 heavy (non-hydrogen) atoms. The van der Waals surface area contributed by atoms with Gasteiger partial charge in [-0.3, -0.25) is 0 Å². The Balaban J connectivity index is 2.10. The van der Waals surface area contributed by atoms with Crippen molar-refractivity contribution in [3.8, 4) is 0 Å². The van der Waals surface area contributed by atoms with Gasteiger partial charge in [-0.15, -0.1) is 0 Å². The molecule has 0 aliphatic heterocycles. The molecule has 0 unspecified atom stereocenters. The summed E-state index contributed by atoms with van der Waals surface area (Å²) >= 11 is 5.04. The molecule has 0 aromatic carbocycles. The van der Waals surface area contributed by atoms with Crippen LogP contribution >= 0.6 is 12.2 Å². The lowest BCUT2D eigenvalue weighted by molar-refractivity contribution is -0.0440. The lowest BCUT2D eigenvalue weighted by Crippen LogP contribution is -2.26. The first kappa shape index (κ1) is 9.83. The molecule has 1 aromatic heterocycles. The van der Waals surface area contributed by atoms with Gasteiger partial charge in [0.2, 0.25) is 5.92 Å². The topological polar surface area (TPSA) is 20.7 Å². The quantitative estimate of drug-likeness (QED) is 0.717. The minimum absolute atomic E-state index is 0.0232. The van der Waals surface area contributed by atoms with Crippen molar-refractivity contribution in [2.45, 2.75) is 37.6 Å². The number of rotatable bonds is 1. The highest BCUT2D eigenvalue weighted by molar-refractivity contribution is 7.71. The molecule has 1 heterocycles. The Kier molecular flexibility index (Phi) is 2.43. The number of hydrogen-bond donors (Lipinski definition) is 1. The molecule has 1 aromatic rings. The fourth-order valence-corrected chi connectivity index (χ4v) is 2.20. The molecule has 2 rings (SSSR count). The number of hydrogen-bond acceptors (Lipinski definition) is 1. The second-order valence-electron chi connectivity index (χ2n) is 3.76. The number of nitrogens with one attached hydrogen (secondary N) is 1. The van der Waals surface area contributed by atoms with Gasteiger partial charge >= 0.3 is 0 Å². The largest absolute Gasteiger partial charge is 0.337 e. The zero-order valence-electron chi connectivity index (χ0n) is 7.67. The van der Waals surface area contributed by atoms with E-state index in [2.05, 4.69) is 4.98 Å². The third-order valence-corrected chi connectivity index (χ3v) is 3.09. The second-order valence-corrected chi connectivity index (χ2v) is 4.15. The molecule has 0 saturated heterocycles.